The Morgan fingerprint density at radius 2 is 2.00 bits per heavy atom. The van der Waals surface area contributed by atoms with Crippen molar-refractivity contribution in [3.05, 3.63) is 72.8 Å². The molecule has 0 radical (unpaired) electrons. The number of benzene rings is 2. The monoisotopic (exact) mass is 361 g/mol. The number of rotatable bonds is 5. The minimum absolute atomic E-state index is 0.000394. The van der Waals surface area contributed by atoms with Crippen molar-refractivity contribution < 1.29 is 4.79 Å². The summed E-state index contributed by atoms with van der Waals surface area (Å²) in [5.41, 5.74) is 4.56. The molecule has 2 amide bonds. The Morgan fingerprint density at radius 3 is 2.78 bits per heavy atom. The molecule has 6 nitrogen and oxygen atoms in total. The van der Waals surface area contributed by atoms with Crippen LogP contribution in [0.25, 0.3) is 0 Å². The number of para-hydroxylation sites is 1. The predicted molar refractivity (Wildman–Crippen MR) is 107 cm³/mol. The number of aromatic nitrogens is 2. The van der Waals surface area contributed by atoms with Crippen LogP contribution in [0, 0.1) is 0 Å². The Bertz CT molecular complexity index is 905. The minimum Gasteiger partial charge on any atom is -0.341 e. The van der Waals surface area contributed by atoms with Crippen LogP contribution in [-0.4, -0.2) is 28.2 Å². The Morgan fingerprint density at radius 1 is 1.19 bits per heavy atom. The highest BCUT2D eigenvalue weighted by molar-refractivity contribution is 5.89. The van der Waals surface area contributed by atoms with Gasteiger partial charge in [-0.1, -0.05) is 18.2 Å². The van der Waals surface area contributed by atoms with Crippen molar-refractivity contribution in [3.8, 4) is 0 Å². The molecule has 1 aliphatic rings. The van der Waals surface area contributed by atoms with Crippen LogP contribution in [-0.2, 0) is 13.0 Å². The van der Waals surface area contributed by atoms with Gasteiger partial charge in [0.15, 0.2) is 0 Å². The zero-order chi connectivity index (χ0) is 18.6. The highest BCUT2D eigenvalue weighted by Crippen LogP contribution is 2.34. The summed E-state index contributed by atoms with van der Waals surface area (Å²) < 4.78 is 1.94. The van der Waals surface area contributed by atoms with E-state index in [1.54, 1.807) is 12.5 Å². The second-order valence-electron chi connectivity index (χ2n) is 6.84. The molecule has 2 N–H and O–H groups in total. The predicted octanol–water partition coefficient (Wildman–Crippen LogP) is 3.79. The molecule has 3 aromatic rings. The molecular formula is C21H23N5O. The van der Waals surface area contributed by atoms with E-state index in [0.29, 0.717) is 6.54 Å². The third-order valence-electron chi connectivity index (χ3n) is 4.75. The van der Waals surface area contributed by atoms with Crippen molar-refractivity contribution in [2.24, 2.45) is 0 Å². The standard InChI is InChI=1S/C21H23N5O/c1-16(14-25-13-11-22-15-25)23-21(27)24-18-6-8-19(9-7-18)26-12-10-17-4-2-3-5-20(17)26/h2-9,11,13,15-16H,10,12,14H2,1H3,(H2,23,24,27). The van der Waals surface area contributed by atoms with Crippen LogP contribution in [0.15, 0.2) is 67.3 Å². The van der Waals surface area contributed by atoms with Gasteiger partial charge in [0, 0.05) is 48.6 Å². The molecule has 1 unspecified atom stereocenters. The second kappa shape index (κ2) is 7.53. The van der Waals surface area contributed by atoms with E-state index in [1.165, 1.54) is 11.3 Å². The van der Waals surface area contributed by atoms with Gasteiger partial charge in [-0.15, -0.1) is 0 Å². The molecule has 0 aliphatic carbocycles. The summed E-state index contributed by atoms with van der Waals surface area (Å²) in [5.74, 6) is 0. The molecule has 6 heteroatoms. The fraction of sp³-hybridized carbons (Fsp3) is 0.238. The third kappa shape index (κ3) is 3.95. The second-order valence-corrected chi connectivity index (χ2v) is 6.84. The average Bonchev–Trinajstić information content (AvgIpc) is 3.32. The number of hydrogen-bond donors (Lipinski definition) is 2. The molecule has 0 bridgehead atoms. The van der Waals surface area contributed by atoms with Gasteiger partial charge in [-0.3, -0.25) is 0 Å². The normalized spacial score (nSPS) is 13.9. The fourth-order valence-corrected chi connectivity index (χ4v) is 3.48. The van der Waals surface area contributed by atoms with Crippen LogP contribution in [0.5, 0.6) is 0 Å². The minimum atomic E-state index is -0.207. The number of urea groups is 1. The van der Waals surface area contributed by atoms with E-state index in [0.717, 1.165) is 24.3 Å². The van der Waals surface area contributed by atoms with Crippen molar-refractivity contribution in [1.29, 1.82) is 0 Å². The van der Waals surface area contributed by atoms with Crippen LogP contribution in [0.1, 0.15) is 12.5 Å². The number of nitrogens with one attached hydrogen (secondary N) is 2. The maximum absolute atomic E-state index is 12.2. The van der Waals surface area contributed by atoms with Gasteiger partial charge in [0.2, 0.25) is 0 Å². The molecule has 1 atom stereocenters. The number of fused-ring (bicyclic) bond motifs is 1. The largest absolute Gasteiger partial charge is 0.341 e. The summed E-state index contributed by atoms with van der Waals surface area (Å²) in [4.78, 5) is 18.5. The summed E-state index contributed by atoms with van der Waals surface area (Å²) in [5, 5.41) is 5.84. The van der Waals surface area contributed by atoms with Crippen molar-refractivity contribution >= 4 is 23.1 Å². The molecule has 27 heavy (non-hydrogen) atoms. The van der Waals surface area contributed by atoms with Gasteiger partial charge in [0.1, 0.15) is 0 Å². The number of imidazole rings is 1. The van der Waals surface area contributed by atoms with Gasteiger partial charge < -0.3 is 20.1 Å². The molecule has 0 saturated carbocycles. The summed E-state index contributed by atoms with van der Waals surface area (Å²) in [6.45, 7) is 3.63. The lowest BCUT2D eigenvalue weighted by molar-refractivity contribution is 0.248. The Hall–Kier alpha value is -3.28. The quantitative estimate of drug-likeness (QED) is 0.727. The first kappa shape index (κ1) is 17.1. The van der Waals surface area contributed by atoms with E-state index >= 15 is 0 Å². The van der Waals surface area contributed by atoms with Crippen molar-refractivity contribution in [2.75, 3.05) is 16.8 Å². The molecule has 2 heterocycles. The summed E-state index contributed by atoms with van der Waals surface area (Å²) in [6, 6.07) is 16.3. The molecule has 1 aliphatic heterocycles. The zero-order valence-corrected chi connectivity index (χ0v) is 15.3. The van der Waals surface area contributed by atoms with Crippen molar-refractivity contribution in [2.45, 2.75) is 25.9 Å². The summed E-state index contributed by atoms with van der Waals surface area (Å²) in [6.07, 6.45) is 6.41. The van der Waals surface area contributed by atoms with Crippen LogP contribution in [0.4, 0.5) is 21.9 Å². The lowest BCUT2D eigenvalue weighted by Gasteiger charge is -2.20. The van der Waals surface area contributed by atoms with Gasteiger partial charge >= 0.3 is 6.03 Å². The molecule has 0 spiro atoms. The number of hydrogen-bond acceptors (Lipinski definition) is 3. The highest BCUT2D eigenvalue weighted by Gasteiger charge is 2.19. The third-order valence-corrected chi connectivity index (χ3v) is 4.75. The zero-order valence-electron chi connectivity index (χ0n) is 15.3. The first-order valence-corrected chi connectivity index (χ1v) is 9.18. The van der Waals surface area contributed by atoms with E-state index in [9.17, 15) is 4.79 Å². The molecular weight excluding hydrogens is 338 g/mol. The van der Waals surface area contributed by atoms with Gasteiger partial charge in [-0.25, -0.2) is 9.78 Å². The fourth-order valence-electron chi connectivity index (χ4n) is 3.48. The molecule has 0 saturated heterocycles. The van der Waals surface area contributed by atoms with Crippen molar-refractivity contribution in [3.63, 3.8) is 0 Å². The van der Waals surface area contributed by atoms with Crippen LogP contribution < -0.4 is 15.5 Å². The van der Waals surface area contributed by atoms with E-state index in [2.05, 4.69) is 44.8 Å². The van der Waals surface area contributed by atoms with Crippen molar-refractivity contribution in [1.82, 2.24) is 14.9 Å². The van der Waals surface area contributed by atoms with E-state index in [-0.39, 0.29) is 12.1 Å². The maximum Gasteiger partial charge on any atom is 0.319 e. The Balaban J connectivity index is 1.35. The number of anilines is 3. The molecule has 4 rings (SSSR count). The van der Waals surface area contributed by atoms with E-state index < -0.39 is 0 Å². The Kier molecular flexibility index (Phi) is 4.78. The molecule has 138 valence electrons. The number of carbonyl (C=O) groups is 1. The van der Waals surface area contributed by atoms with E-state index in [1.807, 2.05) is 42.0 Å². The van der Waals surface area contributed by atoms with Gasteiger partial charge in [-0.2, -0.15) is 0 Å². The van der Waals surface area contributed by atoms with Gasteiger partial charge in [0.25, 0.3) is 0 Å². The molecule has 1 aromatic heterocycles. The summed E-state index contributed by atoms with van der Waals surface area (Å²) in [7, 11) is 0. The van der Waals surface area contributed by atoms with Gasteiger partial charge in [0.05, 0.1) is 6.33 Å². The molecule has 0 fully saturated rings. The number of carbonyl (C=O) groups excluding carboxylic acids is 1. The summed E-state index contributed by atoms with van der Waals surface area (Å²) >= 11 is 0. The lowest BCUT2D eigenvalue weighted by atomic mass is 10.2. The molecule has 2 aromatic carbocycles. The SMILES string of the molecule is CC(Cn1ccnc1)NC(=O)Nc1ccc(N2CCc3ccccc32)cc1. The first-order chi connectivity index (χ1) is 13.2. The highest BCUT2D eigenvalue weighted by atomic mass is 16.2. The number of nitrogens with zero attached hydrogens (tertiary/aromatic N) is 3. The average molecular weight is 361 g/mol. The topological polar surface area (TPSA) is 62.2 Å². The van der Waals surface area contributed by atoms with Gasteiger partial charge in [-0.05, 0) is 49.2 Å². The van der Waals surface area contributed by atoms with Crippen LogP contribution >= 0.6 is 0 Å². The Labute approximate surface area is 158 Å². The first-order valence-electron chi connectivity index (χ1n) is 9.18. The van der Waals surface area contributed by atoms with Crippen LogP contribution in [0.2, 0.25) is 0 Å². The smallest absolute Gasteiger partial charge is 0.319 e. The maximum atomic E-state index is 12.2. The lowest BCUT2D eigenvalue weighted by Crippen LogP contribution is -2.38. The van der Waals surface area contributed by atoms with E-state index in [4.69, 9.17) is 0 Å². The number of amides is 2. The van der Waals surface area contributed by atoms with Crippen LogP contribution in [0.3, 0.4) is 0 Å².